The van der Waals surface area contributed by atoms with Gasteiger partial charge in [0.25, 0.3) is 0 Å². The van der Waals surface area contributed by atoms with Gasteiger partial charge in [-0.1, -0.05) is 0 Å². The molecule has 0 bridgehead atoms. The van der Waals surface area contributed by atoms with Crippen LogP contribution in [0.5, 0.6) is 0 Å². The van der Waals surface area contributed by atoms with Gasteiger partial charge in [-0.15, -0.1) is 0 Å². The summed E-state index contributed by atoms with van der Waals surface area (Å²) in [5.74, 6) is -2.10. The number of hydrogen-bond donors (Lipinski definition) is 1. The van der Waals surface area contributed by atoms with Gasteiger partial charge in [-0.05, 0) is 6.92 Å². The third kappa shape index (κ3) is 8.45. The van der Waals surface area contributed by atoms with Crippen LogP contribution in [-0.4, -0.2) is 23.7 Å². The summed E-state index contributed by atoms with van der Waals surface area (Å²) < 4.78 is 4.28. The zero-order valence-corrected chi connectivity index (χ0v) is 9.08. The maximum absolute atomic E-state index is 10.2. The molecule has 0 amide bonds. The molecule has 4 nitrogen and oxygen atoms in total. The fourth-order valence-electron chi connectivity index (χ4n) is 0.285. The standard InChI is InChI=1S/C5H7O4.K/c1-2-9-5(8)3-4(6)7;/h3H,2H2,1H3,(H,6,7);/q-1;+1. The van der Waals surface area contributed by atoms with E-state index in [2.05, 4.69) is 4.74 Å². The summed E-state index contributed by atoms with van der Waals surface area (Å²) in [5.41, 5.74) is 0. The Kier molecular flexibility index (Phi) is 9.87. The van der Waals surface area contributed by atoms with E-state index in [1.165, 1.54) is 0 Å². The van der Waals surface area contributed by atoms with Gasteiger partial charge in [0.05, 0.1) is 6.61 Å². The van der Waals surface area contributed by atoms with Crippen molar-refractivity contribution in [1.29, 1.82) is 0 Å². The van der Waals surface area contributed by atoms with Crippen LogP contribution in [0.3, 0.4) is 0 Å². The number of carboxylic acids is 1. The number of rotatable bonds is 3. The first-order valence-corrected chi connectivity index (χ1v) is 2.41. The maximum Gasteiger partial charge on any atom is 1.00 e. The molecule has 0 unspecified atom stereocenters. The molecule has 0 aromatic heterocycles. The van der Waals surface area contributed by atoms with Gasteiger partial charge in [-0.25, -0.2) is 0 Å². The Labute approximate surface area is 101 Å². The van der Waals surface area contributed by atoms with E-state index in [4.69, 9.17) is 5.11 Å². The van der Waals surface area contributed by atoms with Gasteiger partial charge in [0.1, 0.15) is 0 Å². The van der Waals surface area contributed by atoms with Crippen LogP contribution in [0.4, 0.5) is 0 Å². The Bertz CT molecular complexity index is 123. The molecule has 10 heavy (non-hydrogen) atoms. The molecule has 52 valence electrons. The van der Waals surface area contributed by atoms with Gasteiger partial charge >= 0.3 is 51.4 Å². The zero-order valence-electron chi connectivity index (χ0n) is 5.96. The van der Waals surface area contributed by atoms with Crippen LogP contribution in [-0.2, 0) is 14.3 Å². The van der Waals surface area contributed by atoms with Crippen LogP contribution in [0, 0.1) is 6.42 Å². The van der Waals surface area contributed by atoms with Crippen molar-refractivity contribution in [3.05, 3.63) is 6.42 Å². The molecule has 0 heterocycles. The molecule has 0 rings (SSSR count). The molecular formula is C5H7KO4. The van der Waals surface area contributed by atoms with Gasteiger partial charge in [0, 0.05) is 0 Å². The second-order valence-electron chi connectivity index (χ2n) is 1.23. The topological polar surface area (TPSA) is 63.6 Å². The number of carbonyl (C=O) groups is 2. The third-order valence-electron chi connectivity index (χ3n) is 0.528. The summed E-state index contributed by atoms with van der Waals surface area (Å²) in [6.45, 7) is 1.80. The van der Waals surface area contributed by atoms with Crippen LogP contribution >= 0.6 is 0 Å². The molecule has 5 heteroatoms. The van der Waals surface area contributed by atoms with Crippen LogP contribution in [0.1, 0.15) is 6.92 Å². The maximum atomic E-state index is 10.2. The normalized spacial score (nSPS) is 7.30. The van der Waals surface area contributed by atoms with Gasteiger partial charge < -0.3 is 9.84 Å². The molecular weight excluding hydrogens is 163 g/mol. The molecule has 0 spiro atoms. The second-order valence-corrected chi connectivity index (χ2v) is 1.23. The fraction of sp³-hybridized carbons (Fsp3) is 0.400. The van der Waals surface area contributed by atoms with Crippen molar-refractivity contribution in [1.82, 2.24) is 0 Å². The van der Waals surface area contributed by atoms with E-state index in [9.17, 15) is 9.59 Å². The molecule has 0 radical (unpaired) electrons. The Morgan fingerprint density at radius 1 is 1.60 bits per heavy atom. The summed E-state index contributed by atoms with van der Waals surface area (Å²) in [4.78, 5) is 19.9. The first-order valence-electron chi connectivity index (χ1n) is 2.41. The average molecular weight is 170 g/mol. The fourth-order valence-corrected chi connectivity index (χ4v) is 0.285. The molecule has 1 N–H and O–H groups in total. The number of esters is 1. The first-order chi connectivity index (χ1) is 4.16. The minimum absolute atomic E-state index is 0. The summed E-state index contributed by atoms with van der Waals surface area (Å²) >= 11 is 0. The molecule has 0 aliphatic carbocycles. The van der Waals surface area contributed by atoms with E-state index in [1.54, 1.807) is 6.92 Å². The quantitative estimate of drug-likeness (QED) is 0.210. The minimum atomic E-state index is -1.28. The summed E-state index contributed by atoms with van der Waals surface area (Å²) in [5, 5.41) is 7.95. The van der Waals surface area contributed by atoms with Crippen LogP contribution in [0.2, 0.25) is 0 Å². The molecule has 0 atom stereocenters. The van der Waals surface area contributed by atoms with Crippen molar-refractivity contribution in [3.8, 4) is 0 Å². The van der Waals surface area contributed by atoms with E-state index in [-0.39, 0.29) is 58.0 Å². The summed E-state index contributed by atoms with van der Waals surface area (Å²) in [6, 6.07) is 0. The predicted molar refractivity (Wildman–Crippen MR) is 28.6 cm³/mol. The van der Waals surface area contributed by atoms with Crippen molar-refractivity contribution in [2.45, 2.75) is 6.92 Å². The van der Waals surface area contributed by atoms with E-state index < -0.39 is 11.9 Å². The van der Waals surface area contributed by atoms with Crippen LogP contribution in [0.15, 0.2) is 0 Å². The molecule has 0 saturated carbocycles. The van der Waals surface area contributed by atoms with Crippen molar-refractivity contribution < 1.29 is 70.8 Å². The van der Waals surface area contributed by atoms with Gasteiger partial charge in [0.15, 0.2) is 11.9 Å². The van der Waals surface area contributed by atoms with Gasteiger partial charge in [0.2, 0.25) is 0 Å². The monoisotopic (exact) mass is 170 g/mol. The second kappa shape index (κ2) is 7.55. The number of hydrogen-bond acceptors (Lipinski definition) is 3. The molecule has 0 fully saturated rings. The van der Waals surface area contributed by atoms with Crippen molar-refractivity contribution in [3.63, 3.8) is 0 Å². The Morgan fingerprint density at radius 2 is 2.10 bits per heavy atom. The van der Waals surface area contributed by atoms with Gasteiger partial charge in [-0.3, -0.25) is 9.59 Å². The van der Waals surface area contributed by atoms with E-state index >= 15 is 0 Å². The predicted octanol–water partition coefficient (Wildman–Crippen LogP) is -3.16. The Balaban J connectivity index is 0. The van der Waals surface area contributed by atoms with Crippen LogP contribution < -0.4 is 51.4 Å². The SMILES string of the molecule is CCOC(=O)[CH-]C(=O)O.[K+]. The minimum Gasteiger partial charge on any atom is -0.503 e. The molecule has 0 aliphatic heterocycles. The summed E-state index contributed by atoms with van der Waals surface area (Å²) in [7, 11) is 0. The van der Waals surface area contributed by atoms with Crippen molar-refractivity contribution >= 4 is 11.9 Å². The number of ether oxygens (including phenoxy) is 1. The average Bonchev–Trinajstić information content (AvgIpc) is 1.63. The number of aliphatic carboxylic acids is 1. The molecule has 0 aromatic carbocycles. The Hall–Kier alpha value is 0.446. The molecule has 0 aliphatic rings. The number of carbonyl (C=O) groups excluding carboxylic acids is 1. The van der Waals surface area contributed by atoms with Crippen molar-refractivity contribution in [2.75, 3.05) is 6.61 Å². The zero-order chi connectivity index (χ0) is 7.28. The number of carboxylic acid groups (broad SMARTS) is 1. The van der Waals surface area contributed by atoms with E-state index in [0.29, 0.717) is 6.42 Å². The van der Waals surface area contributed by atoms with E-state index in [0.717, 1.165) is 0 Å². The Morgan fingerprint density at radius 3 is 2.40 bits per heavy atom. The third-order valence-corrected chi connectivity index (χ3v) is 0.528. The summed E-state index contributed by atoms with van der Waals surface area (Å²) in [6.07, 6.45) is 0.476. The van der Waals surface area contributed by atoms with Gasteiger partial charge in [-0.2, -0.15) is 6.42 Å². The first kappa shape index (κ1) is 13.1. The molecule has 0 saturated heterocycles. The van der Waals surface area contributed by atoms with Crippen LogP contribution in [0.25, 0.3) is 0 Å². The van der Waals surface area contributed by atoms with Crippen molar-refractivity contribution in [2.24, 2.45) is 0 Å². The largest absolute Gasteiger partial charge is 1.00 e. The smallest absolute Gasteiger partial charge is 0.503 e. The van der Waals surface area contributed by atoms with E-state index in [1.807, 2.05) is 0 Å². The molecule has 0 aromatic rings.